The molecular weight excluding hydrogens is 278 g/mol. The highest BCUT2D eigenvalue weighted by molar-refractivity contribution is 7.91. The Morgan fingerprint density at radius 1 is 1.25 bits per heavy atom. The van der Waals surface area contributed by atoms with E-state index in [-0.39, 0.29) is 10.6 Å². The van der Waals surface area contributed by atoms with Crippen LogP contribution in [0, 0.1) is 11.3 Å². The van der Waals surface area contributed by atoms with Crippen LogP contribution in [-0.2, 0) is 16.4 Å². The molecule has 2 aromatic rings. The average Bonchev–Trinajstić information content (AvgIpc) is 2.97. The summed E-state index contributed by atoms with van der Waals surface area (Å²) in [6, 6.07) is 9.55. The second kappa shape index (κ2) is 6.32. The highest BCUT2D eigenvalue weighted by Crippen LogP contribution is 2.11. The fourth-order valence-corrected chi connectivity index (χ4v) is 2.81. The summed E-state index contributed by atoms with van der Waals surface area (Å²) in [7, 11) is -3.34. The van der Waals surface area contributed by atoms with Crippen molar-refractivity contribution in [3.63, 3.8) is 0 Å². The molecule has 1 heterocycles. The van der Waals surface area contributed by atoms with Crippen LogP contribution < -0.4 is 5.32 Å². The first-order valence-corrected chi connectivity index (χ1v) is 7.60. The zero-order valence-electron chi connectivity index (χ0n) is 10.6. The molecule has 0 unspecified atom stereocenters. The van der Waals surface area contributed by atoms with Gasteiger partial charge in [0.1, 0.15) is 5.76 Å². The Hall–Kier alpha value is -2.17. The quantitative estimate of drug-likeness (QED) is 0.801. The third kappa shape index (κ3) is 3.66. The first-order chi connectivity index (χ1) is 9.62. The Bertz CT molecular complexity index is 685. The summed E-state index contributed by atoms with van der Waals surface area (Å²) in [5, 5.41) is 15.2. The lowest BCUT2D eigenvalue weighted by Crippen LogP contribution is -2.22. The van der Waals surface area contributed by atoms with Gasteiger partial charge < -0.3 is 9.84 Å². The fourth-order valence-electron chi connectivity index (χ4n) is 1.61. The first kappa shape index (κ1) is 14.2. The fraction of sp³-hybridized carbons (Fsp3) is 0.231. The maximum absolute atomic E-state index is 12.0. The van der Waals surface area contributed by atoms with Crippen molar-refractivity contribution < 1.29 is 12.9 Å². The maximum Gasteiger partial charge on any atom is 0.179 e. The van der Waals surface area contributed by atoms with Gasteiger partial charge in [0.15, 0.2) is 9.84 Å². The molecule has 0 fully saturated rings. The molecule has 0 bridgehead atoms. The molecule has 7 heteroatoms. The molecule has 1 aromatic heterocycles. The van der Waals surface area contributed by atoms with Gasteiger partial charge in [-0.25, -0.2) is 8.42 Å². The molecule has 0 atom stereocenters. The third-order valence-corrected chi connectivity index (χ3v) is 4.41. The van der Waals surface area contributed by atoms with Gasteiger partial charge in [0.25, 0.3) is 0 Å². The Morgan fingerprint density at radius 2 is 2.00 bits per heavy atom. The number of hydrogen-bond donors (Lipinski definition) is 1. The highest BCUT2D eigenvalue weighted by atomic mass is 32.2. The Kier molecular flexibility index (Phi) is 4.50. The molecule has 0 aliphatic carbocycles. The molecule has 0 amide bonds. The zero-order chi connectivity index (χ0) is 14.4. The number of hydrogen-bond acceptors (Lipinski definition) is 6. The van der Waals surface area contributed by atoms with Crippen molar-refractivity contribution in [3.05, 3.63) is 47.9 Å². The molecule has 1 aromatic carbocycles. The van der Waals surface area contributed by atoms with Crippen LogP contribution in [0.5, 0.6) is 0 Å². The molecule has 0 spiro atoms. The zero-order valence-corrected chi connectivity index (χ0v) is 11.4. The molecule has 0 aliphatic rings. The molecule has 104 valence electrons. The van der Waals surface area contributed by atoms with E-state index in [9.17, 15) is 8.42 Å². The minimum Gasteiger partial charge on any atom is -0.360 e. The Morgan fingerprint density at radius 3 is 2.60 bits per heavy atom. The van der Waals surface area contributed by atoms with Crippen LogP contribution in [0.2, 0.25) is 0 Å². The van der Waals surface area contributed by atoms with Crippen molar-refractivity contribution in [2.24, 2.45) is 0 Å². The maximum atomic E-state index is 12.0. The highest BCUT2D eigenvalue weighted by Gasteiger charge is 2.13. The van der Waals surface area contributed by atoms with E-state index in [1.807, 2.05) is 6.07 Å². The average molecular weight is 291 g/mol. The summed E-state index contributed by atoms with van der Waals surface area (Å²) >= 11 is 0. The number of sulfone groups is 1. The predicted octanol–water partition coefficient (Wildman–Crippen LogP) is 1.11. The molecule has 6 nitrogen and oxygen atoms in total. The van der Waals surface area contributed by atoms with Gasteiger partial charge in [0.05, 0.1) is 35.0 Å². The van der Waals surface area contributed by atoms with E-state index in [1.54, 1.807) is 6.07 Å². The number of aromatic nitrogens is 1. The van der Waals surface area contributed by atoms with E-state index in [0.717, 1.165) is 0 Å². The topological polar surface area (TPSA) is 96.0 Å². The van der Waals surface area contributed by atoms with Crippen molar-refractivity contribution in [3.8, 4) is 6.07 Å². The van der Waals surface area contributed by atoms with Gasteiger partial charge in [-0.2, -0.15) is 5.26 Å². The first-order valence-electron chi connectivity index (χ1n) is 5.95. The number of rotatable bonds is 6. The summed E-state index contributed by atoms with van der Waals surface area (Å²) in [4.78, 5) is 0.220. The minimum absolute atomic E-state index is 0.0208. The number of nitrogens with zero attached hydrogens (tertiary/aromatic N) is 2. The van der Waals surface area contributed by atoms with Gasteiger partial charge in [-0.05, 0) is 24.3 Å². The van der Waals surface area contributed by atoms with E-state index in [2.05, 4.69) is 10.5 Å². The van der Waals surface area contributed by atoms with Crippen LogP contribution in [0.3, 0.4) is 0 Å². The summed E-state index contributed by atoms with van der Waals surface area (Å²) < 4.78 is 29.0. The molecule has 1 N–H and O–H groups in total. The normalized spacial score (nSPS) is 11.2. The molecule has 2 rings (SSSR count). The van der Waals surface area contributed by atoms with Crippen LogP contribution in [-0.4, -0.2) is 25.9 Å². The van der Waals surface area contributed by atoms with E-state index >= 15 is 0 Å². The van der Waals surface area contributed by atoms with Gasteiger partial charge in [-0.1, -0.05) is 5.16 Å². The van der Waals surface area contributed by atoms with Crippen molar-refractivity contribution in [1.29, 1.82) is 5.26 Å². The van der Waals surface area contributed by atoms with Crippen LogP contribution in [0.1, 0.15) is 11.3 Å². The Balaban J connectivity index is 1.88. The van der Waals surface area contributed by atoms with Crippen LogP contribution in [0.4, 0.5) is 0 Å². The number of benzene rings is 1. The molecule has 0 saturated carbocycles. The summed E-state index contributed by atoms with van der Waals surface area (Å²) in [5.41, 5.74) is 0.437. The van der Waals surface area contributed by atoms with Gasteiger partial charge in [-0.3, -0.25) is 0 Å². The molecule has 20 heavy (non-hydrogen) atoms. The van der Waals surface area contributed by atoms with Crippen molar-refractivity contribution >= 4 is 9.84 Å². The lowest BCUT2D eigenvalue weighted by atomic mass is 10.2. The molecule has 0 aliphatic heterocycles. The lowest BCUT2D eigenvalue weighted by Gasteiger charge is -2.05. The summed E-state index contributed by atoms with van der Waals surface area (Å²) in [6.45, 7) is 0.742. The smallest absolute Gasteiger partial charge is 0.179 e. The van der Waals surface area contributed by atoms with E-state index < -0.39 is 9.84 Å². The number of nitriles is 1. The van der Waals surface area contributed by atoms with Gasteiger partial charge >= 0.3 is 0 Å². The van der Waals surface area contributed by atoms with E-state index in [0.29, 0.717) is 24.4 Å². The van der Waals surface area contributed by atoms with Crippen molar-refractivity contribution in [1.82, 2.24) is 10.5 Å². The van der Waals surface area contributed by atoms with Crippen LogP contribution in [0.15, 0.2) is 45.9 Å². The molecule has 0 saturated heterocycles. The van der Waals surface area contributed by atoms with E-state index in [4.69, 9.17) is 9.78 Å². The number of nitrogens with one attached hydrogen (secondary N) is 1. The predicted molar refractivity (Wildman–Crippen MR) is 71.4 cm³/mol. The molecule has 0 radical (unpaired) electrons. The Labute approximate surface area is 116 Å². The second-order valence-corrected chi connectivity index (χ2v) is 6.22. The van der Waals surface area contributed by atoms with Crippen LogP contribution in [0.25, 0.3) is 0 Å². The largest absolute Gasteiger partial charge is 0.360 e. The van der Waals surface area contributed by atoms with Crippen molar-refractivity contribution in [2.75, 3.05) is 12.3 Å². The molecular formula is C13H13N3O3S. The summed E-state index contributed by atoms with van der Waals surface area (Å²) in [5.74, 6) is 0.633. The van der Waals surface area contributed by atoms with Gasteiger partial charge in [-0.15, -0.1) is 0 Å². The monoisotopic (exact) mass is 291 g/mol. The standard InChI is InChI=1S/C13H13N3O3S/c14-9-11-1-3-13(4-2-11)20(17,18)8-7-15-10-12-5-6-16-19-12/h1-6,15H,7-8,10H2. The minimum atomic E-state index is -3.34. The van der Waals surface area contributed by atoms with Gasteiger partial charge in [0.2, 0.25) is 0 Å². The van der Waals surface area contributed by atoms with Crippen LogP contribution >= 0.6 is 0 Å². The van der Waals surface area contributed by atoms with Gasteiger partial charge in [0, 0.05) is 12.6 Å². The van der Waals surface area contributed by atoms with Crippen molar-refractivity contribution in [2.45, 2.75) is 11.4 Å². The summed E-state index contributed by atoms with van der Waals surface area (Å²) in [6.07, 6.45) is 1.53. The lowest BCUT2D eigenvalue weighted by molar-refractivity contribution is 0.374. The second-order valence-electron chi connectivity index (χ2n) is 4.11. The van der Waals surface area contributed by atoms with E-state index in [1.165, 1.54) is 30.5 Å². The third-order valence-electron chi connectivity index (χ3n) is 2.68. The SMILES string of the molecule is N#Cc1ccc(S(=O)(=O)CCNCc2ccno2)cc1.